The van der Waals surface area contributed by atoms with E-state index in [1.807, 2.05) is 33.0 Å². The molecule has 2 heterocycles. The van der Waals surface area contributed by atoms with E-state index >= 15 is 0 Å². The molecule has 0 spiro atoms. The first kappa shape index (κ1) is 14.7. The molecule has 0 saturated carbocycles. The van der Waals surface area contributed by atoms with Gasteiger partial charge in [0, 0.05) is 29.3 Å². The highest BCUT2D eigenvalue weighted by atomic mass is 16.2. The summed E-state index contributed by atoms with van der Waals surface area (Å²) in [5, 5.41) is 7.35. The molecule has 116 valence electrons. The maximum atomic E-state index is 12.5. The molecule has 0 unspecified atom stereocenters. The summed E-state index contributed by atoms with van der Waals surface area (Å²) >= 11 is 0. The summed E-state index contributed by atoms with van der Waals surface area (Å²) < 4.78 is 1.74. The number of fused-ring (bicyclic) bond motifs is 1. The molecule has 2 atom stereocenters. The van der Waals surface area contributed by atoms with Crippen molar-refractivity contribution in [1.82, 2.24) is 25.1 Å². The Labute approximate surface area is 130 Å². The van der Waals surface area contributed by atoms with E-state index in [9.17, 15) is 4.79 Å². The number of amides is 1. The third kappa shape index (κ3) is 2.73. The van der Waals surface area contributed by atoms with Crippen molar-refractivity contribution in [2.45, 2.75) is 52.1 Å². The lowest BCUT2D eigenvalue weighted by Gasteiger charge is -2.27. The van der Waals surface area contributed by atoms with Crippen molar-refractivity contribution in [1.29, 1.82) is 0 Å². The van der Waals surface area contributed by atoms with Crippen LogP contribution in [-0.2, 0) is 11.2 Å². The molecule has 6 nitrogen and oxygen atoms in total. The lowest BCUT2D eigenvalue weighted by molar-refractivity contribution is -0.125. The summed E-state index contributed by atoms with van der Waals surface area (Å²) in [5.74, 6) is 0.761. The largest absolute Gasteiger partial charge is 0.347 e. The molecule has 0 saturated heterocycles. The second-order valence-electron chi connectivity index (χ2n) is 5.87. The fraction of sp³-hybridized carbons (Fsp3) is 0.500. The van der Waals surface area contributed by atoms with Gasteiger partial charge in [0.25, 0.3) is 0 Å². The Hall–Kier alpha value is -2.24. The van der Waals surface area contributed by atoms with Gasteiger partial charge in [-0.1, -0.05) is 0 Å². The second-order valence-corrected chi connectivity index (χ2v) is 5.87. The molecule has 0 radical (unpaired) electrons. The molecule has 0 aliphatic heterocycles. The van der Waals surface area contributed by atoms with E-state index in [0.717, 1.165) is 42.0 Å². The highest BCUT2D eigenvalue weighted by Gasteiger charge is 2.26. The molecule has 1 amide bonds. The first-order chi connectivity index (χ1) is 10.6. The Morgan fingerprint density at radius 3 is 3.00 bits per heavy atom. The van der Waals surface area contributed by atoms with Crippen molar-refractivity contribution in [3.63, 3.8) is 0 Å². The summed E-state index contributed by atoms with van der Waals surface area (Å²) in [5.41, 5.74) is 3.09. The van der Waals surface area contributed by atoms with Crippen LogP contribution in [0.3, 0.4) is 0 Å². The number of carbonyl (C=O) groups excluding carboxylic acids is 1. The van der Waals surface area contributed by atoms with Crippen molar-refractivity contribution in [2.24, 2.45) is 0 Å². The topological polar surface area (TPSA) is 72.7 Å². The fourth-order valence-corrected chi connectivity index (χ4v) is 2.99. The molecule has 2 aromatic rings. The molecular weight excluding hydrogens is 278 g/mol. The summed E-state index contributed by atoms with van der Waals surface area (Å²) in [4.78, 5) is 21.3. The number of aromatic nitrogens is 4. The smallest absolute Gasteiger partial charge is 0.245 e. The van der Waals surface area contributed by atoms with Crippen LogP contribution < -0.4 is 5.32 Å². The molecule has 3 rings (SSSR count). The van der Waals surface area contributed by atoms with Gasteiger partial charge in [0.05, 0.1) is 6.04 Å². The van der Waals surface area contributed by atoms with Crippen LogP contribution in [0.15, 0.2) is 18.5 Å². The van der Waals surface area contributed by atoms with E-state index in [4.69, 9.17) is 0 Å². The Kier molecular flexibility index (Phi) is 3.92. The maximum absolute atomic E-state index is 12.5. The predicted molar refractivity (Wildman–Crippen MR) is 82.3 cm³/mol. The Balaban J connectivity index is 1.77. The standard InChI is InChI=1S/C16H21N5O/c1-10-7-8-18-21(10)11(2)16(22)20-15-6-4-5-14-13(15)9-17-12(3)19-14/h7-9,11,15H,4-6H2,1-3H3,(H,20,22)/t11-,15-/m1/s1. The van der Waals surface area contributed by atoms with Gasteiger partial charge < -0.3 is 5.32 Å². The van der Waals surface area contributed by atoms with Crippen LogP contribution >= 0.6 is 0 Å². The zero-order valence-electron chi connectivity index (χ0n) is 13.2. The number of carbonyl (C=O) groups is 1. The molecule has 6 heteroatoms. The van der Waals surface area contributed by atoms with Crippen LogP contribution in [0.2, 0.25) is 0 Å². The Bertz CT molecular complexity index is 694. The molecule has 1 aliphatic rings. The van der Waals surface area contributed by atoms with Gasteiger partial charge in [0.1, 0.15) is 11.9 Å². The molecular formula is C16H21N5O. The van der Waals surface area contributed by atoms with Crippen molar-refractivity contribution < 1.29 is 4.79 Å². The van der Waals surface area contributed by atoms with Gasteiger partial charge in [-0.3, -0.25) is 9.48 Å². The van der Waals surface area contributed by atoms with E-state index in [1.165, 1.54) is 0 Å². The lowest BCUT2D eigenvalue weighted by Crippen LogP contribution is -2.36. The number of nitrogens with zero attached hydrogens (tertiary/aromatic N) is 4. The van der Waals surface area contributed by atoms with E-state index in [2.05, 4.69) is 20.4 Å². The first-order valence-electron chi connectivity index (χ1n) is 7.69. The van der Waals surface area contributed by atoms with Crippen molar-refractivity contribution in [2.75, 3.05) is 0 Å². The highest BCUT2D eigenvalue weighted by molar-refractivity contribution is 5.80. The fourth-order valence-electron chi connectivity index (χ4n) is 2.99. The first-order valence-corrected chi connectivity index (χ1v) is 7.69. The number of aryl methyl sites for hydroxylation is 3. The highest BCUT2D eigenvalue weighted by Crippen LogP contribution is 2.28. The minimum absolute atomic E-state index is 0.00447. The van der Waals surface area contributed by atoms with Crippen LogP contribution in [0.25, 0.3) is 0 Å². The van der Waals surface area contributed by atoms with Gasteiger partial charge in [-0.25, -0.2) is 9.97 Å². The Morgan fingerprint density at radius 2 is 2.27 bits per heavy atom. The van der Waals surface area contributed by atoms with Gasteiger partial charge in [0.15, 0.2) is 0 Å². The van der Waals surface area contributed by atoms with Crippen molar-refractivity contribution in [3.8, 4) is 0 Å². The van der Waals surface area contributed by atoms with Gasteiger partial charge >= 0.3 is 0 Å². The van der Waals surface area contributed by atoms with Crippen LogP contribution in [0.1, 0.15) is 54.6 Å². The summed E-state index contributed by atoms with van der Waals surface area (Å²) in [6.07, 6.45) is 6.48. The molecule has 0 fully saturated rings. The monoisotopic (exact) mass is 299 g/mol. The van der Waals surface area contributed by atoms with Gasteiger partial charge in [0.2, 0.25) is 5.91 Å². The minimum atomic E-state index is -0.327. The Morgan fingerprint density at radius 1 is 1.45 bits per heavy atom. The third-order valence-corrected chi connectivity index (χ3v) is 4.23. The number of nitrogens with one attached hydrogen (secondary N) is 1. The molecule has 22 heavy (non-hydrogen) atoms. The van der Waals surface area contributed by atoms with Crippen LogP contribution in [0.5, 0.6) is 0 Å². The molecule has 0 bridgehead atoms. The molecule has 0 aromatic carbocycles. The second kappa shape index (κ2) is 5.87. The zero-order valence-corrected chi connectivity index (χ0v) is 13.2. The van der Waals surface area contributed by atoms with E-state index in [0.29, 0.717) is 0 Å². The van der Waals surface area contributed by atoms with Crippen LogP contribution in [-0.4, -0.2) is 25.7 Å². The SMILES string of the molecule is Cc1ncc2c(n1)CCC[C@H]2NC(=O)[C@@H](C)n1nccc1C. The lowest BCUT2D eigenvalue weighted by atomic mass is 9.92. The number of hydrogen-bond donors (Lipinski definition) is 1. The summed E-state index contributed by atoms with van der Waals surface area (Å²) in [6.45, 7) is 5.71. The quantitative estimate of drug-likeness (QED) is 0.941. The average molecular weight is 299 g/mol. The predicted octanol–water partition coefficient (Wildman–Crippen LogP) is 2.04. The number of hydrogen-bond acceptors (Lipinski definition) is 4. The van der Waals surface area contributed by atoms with Gasteiger partial charge in [-0.05, 0) is 46.1 Å². The van der Waals surface area contributed by atoms with E-state index in [1.54, 1.807) is 10.9 Å². The average Bonchev–Trinajstić information content (AvgIpc) is 2.92. The molecule has 1 aliphatic carbocycles. The van der Waals surface area contributed by atoms with Crippen LogP contribution in [0, 0.1) is 13.8 Å². The van der Waals surface area contributed by atoms with Gasteiger partial charge in [-0.15, -0.1) is 0 Å². The van der Waals surface area contributed by atoms with E-state index in [-0.39, 0.29) is 18.0 Å². The normalized spacial score (nSPS) is 18.6. The number of rotatable bonds is 3. The molecule has 2 aromatic heterocycles. The summed E-state index contributed by atoms with van der Waals surface area (Å²) in [6, 6.07) is 1.57. The zero-order chi connectivity index (χ0) is 15.7. The van der Waals surface area contributed by atoms with Gasteiger partial charge in [-0.2, -0.15) is 5.10 Å². The van der Waals surface area contributed by atoms with E-state index < -0.39 is 0 Å². The third-order valence-electron chi connectivity index (χ3n) is 4.23. The van der Waals surface area contributed by atoms with Crippen molar-refractivity contribution in [3.05, 3.63) is 41.2 Å². The molecule has 1 N–H and O–H groups in total. The summed E-state index contributed by atoms with van der Waals surface area (Å²) in [7, 11) is 0. The minimum Gasteiger partial charge on any atom is -0.347 e. The van der Waals surface area contributed by atoms with Crippen molar-refractivity contribution >= 4 is 5.91 Å². The van der Waals surface area contributed by atoms with Crippen LogP contribution in [0.4, 0.5) is 0 Å². The maximum Gasteiger partial charge on any atom is 0.245 e.